The highest BCUT2D eigenvalue weighted by Crippen LogP contribution is 2.20. The van der Waals surface area contributed by atoms with Crippen LogP contribution in [0.1, 0.15) is 48.2 Å². The molecule has 0 spiro atoms. The average molecular weight is 281 g/mol. The van der Waals surface area contributed by atoms with Gasteiger partial charge in [-0.25, -0.2) is 0 Å². The number of amides is 1. The van der Waals surface area contributed by atoms with Gasteiger partial charge >= 0.3 is 0 Å². The van der Waals surface area contributed by atoms with Crippen molar-refractivity contribution in [3.8, 4) is 0 Å². The summed E-state index contributed by atoms with van der Waals surface area (Å²) >= 11 is 0. The van der Waals surface area contributed by atoms with Crippen LogP contribution in [0.2, 0.25) is 0 Å². The van der Waals surface area contributed by atoms with Gasteiger partial charge in [-0.2, -0.15) is 4.98 Å². The van der Waals surface area contributed by atoms with Crippen molar-refractivity contribution in [1.29, 1.82) is 0 Å². The number of carbonyl (C=O) groups excluding carboxylic acids is 1. The largest absolute Gasteiger partial charge is 0.349 e. The highest BCUT2D eigenvalue weighted by molar-refractivity contribution is 5.90. The maximum absolute atomic E-state index is 11.8. The van der Waals surface area contributed by atoms with Gasteiger partial charge in [0.05, 0.1) is 6.04 Å². The van der Waals surface area contributed by atoms with Crippen molar-refractivity contribution in [3.63, 3.8) is 0 Å². The van der Waals surface area contributed by atoms with E-state index < -0.39 is 0 Å². The van der Waals surface area contributed by atoms with Crippen molar-refractivity contribution in [1.82, 2.24) is 25.7 Å². The molecule has 0 saturated carbocycles. The minimum atomic E-state index is -0.261. The Balaban J connectivity index is 1.72. The Bertz CT molecular complexity index is 426. The summed E-state index contributed by atoms with van der Waals surface area (Å²) in [5, 5.41) is 9.82. The lowest BCUT2D eigenvalue weighted by molar-refractivity contribution is 0.0939. The molecule has 1 saturated heterocycles. The van der Waals surface area contributed by atoms with Crippen LogP contribution in [-0.2, 0) is 0 Å². The van der Waals surface area contributed by atoms with Gasteiger partial charge in [0.1, 0.15) is 0 Å². The summed E-state index contributed by atoms with van der Waals surface area (Å²) in [5.41, 5.74) is 0. The van der Waals surface area contributed by atoms with Crippen LogP contribution in [0, 0.1) is 0 Å². The zero-order valence-corrected chi connectivity index (χ0v) is 12.2. The van der Waals surface area contributed by atoms with Gasteiger partial charge in [-0.1, -0.05) is 5.16 Å². The Kier molecular flexibility index (Phi) is 5.49. The summed E-state index contributed by atoms with van der Waals surface area (Å²) in [5.74, 6) is 0.379. The quantitative estimate of drug-likeness (QED) is 0.711. The van der Waals surface area contributed by atoms with Crippen molar-refractivity contribution >= 4 is 5.91 Å². The number of carbonyl (C=O) groups is 1. The zero-order chi connectivity index (χ0) is 14.4. The first-order chi connectivity index (χ1) is 9.66. The van der Waals surface area contributed by atoms with E-state index in [2.05, 4.69) is 25.7 Å². The Labute approximate surface area is 119 Å². The van der Waals surface area contributed by atoms with Gasteiger partial charge < -0.3 is 20.1 Å². The molecule has 1 fully saturated rings. The predicted molar refractivity (Wildman–Crippen MR) is 74.4 cm³/mol. The number of nitrogens with zero attached hydrogens (tertiary/aromatic N) is 3. The number of nitrogens with one attached hydrogen (secondary N) is 2. The molecular formula is C13H23N5O2. The first kappa shape index (κ1) is 14.9. The lowest BCUT2D eigenvalue weighted by Crippen LogP contribution is -2.26. The van der Waals surface area contributed by atoms with E-state index in [-0.39, 0.29) is 17.8 Å². The van der Waals surface area contributed by atoms with E-state index in [1.54, 1.807) is 0 Å². The fourth-order valence-corrected chi connectivity index (χ4v) is 2.20. The van der Waals surface area contributed by atoms with Gasteiger partial charge in [-0.3, -0.25) is 4.79 Å². The normalized spacial score (nSPS) is 18.6. The van der Waals surface area contributed by atoms with Crippen molar-refractivity contribution < 1.29 is 9.32 Å². The van der Waals surface area contributed by atoms with Crippen LogP contribution in [0.3, 0.4) is 0 Å². The van der Waals surface area contributed by atoms with Crippen LogP contribution in [0.5, 0.6) is 0 Å². The van der Waals surface area contributed by atoms with Crippen molar-refractivity contribution in [2.75, 3.05) is 33.7 Å². The summed E-state index contributed by atoms with van der Waals surface area (Å²) in [6.07, 6.45) is 4.07. The van der Waals surface area contributed by atoms with Crippen LogP contribution in [-0.4, -0.2) is 54.7 Å². The lowest BCUT2D eigenvalue weighted by atomic mass is 10.2. The molecule has 2 heterocycles. The number of hydrogen-bond acceptors (Lipinski definition) is 6. The van der Waals surface area contributed by atoms with Crippen LogP contribution >= 0.6 is 0 Å². The topological polar surface area (TPSA) is 83.3 Å². The molecule has 1 aromatic heterocycles. The van der Waals surface area contributed by atoms with Crippen LogP contribution in [0.25, 0.3) is 0 Å². The number of aromatic nitrogens is 2. The van der Waals surface area contributed by atoms with Gasteiger partial charge in [0.2, 0.25) is 5.89 Å². The van der Waals surface area contributed by atoms with Crippen LogP contribution < -0.4 is 10.6 Å². The molecule has 1 aromatic rings. The van der Waals surface area contributed by atoms with Gasteiger partial charge in [-0.05, 0) is 52.9 Å². The minimum absolute atomic E-state index is 0.101. The first-order valence-corrected chi connectivity index (χ1v) is 7.17. The molecule has 0 aliphatic carbocycles. The molecule has 1 atom stereocenters. The number of hydrogen-bond donors (Lipinski definition) is 2. The first-order valence-electron chi connectivity index (χ1n) is 7.17. The predicted octanol–water partition coefficient (Wildman–Crippen LogP) is 0.566. The summed E-state index contributed by atoms with van der Waals surface area (Å²) in [7, 11) is 4.08. The van der Waals surface area contributed by atoms with E-state index >= 15 is 0 Å². The van der Waals surface area contributed by atoms with E-state index in [9.17, 15) is 4.79 Å². The molecule has 2 rings (SSSR count). The van der Waals surface area contributed by atoms with Crippen molar-refractivity contribution in [2.45, 2.75) is 31.7 Å². The third-order valence-corrected chi connectivity index (χ3v) is 3.32. The third-order valence-electron chi connectivity index (χ3n) is 3.32. The second kappa shape index (κ2) is 7.35. The fourth-order valence-electron chi connectivity index (χ4n) is 2.20. The van der Waals surface area contributed by atoms with Gasteiger partial charge in [-0.15, -0.1) is 0 Å². The molecule has 0 radical (unpaired) electrons. The highest BCUT2D eigenvalue weighted by atomic mass is 16.5. The van der Waals surface area contributed by atoms with Crippen LogP contribution in [0.4, 0.5) is 0 Å². The molecule has 2 N–H and O–H groups in total. The summed E-state index contributed by atoms with van der Waals surface area (Å²) in [6, 6.07) is 0.101. The molecule has 1 aliphatic heterocycles. The third kappa shape index (κ3) is 4.28. The smallest absolute Gasteiger partial charge is 0.292 e. The Morgan fingerprint density at radius 2 is 2.35 bits per heavy atom. The molecular weight excluding hydrogens is 258 g/mol. The Morgan fingerprint density at radius 3 is 3.05 bits per heavy atom. The van der Waals surface area contributed by atoms with Crippen molar-refractivity contribution in [3.05, 3.63) is 11.7 Å². The maximum Gasteiger partial charge on any atom is 0.292 e. The molecule has 112 valence electrons. The van der Waals surface area contributed by atoms with Crippen molar-refractivity contribution in [2.24, 2.45) is 0 Å². The zero-order valence-electron chi connectivity index (χ0n) is 12.2. The molecule has 1 unspecified atom stereocenters. The summed E-state index contributed by atoms with van der Waals surface area (Å²) in [4.78, 5) is 18.1. The van der Waals surface area contributed by atoms with E-state index in [0.717, 1.165) is 38.8 Å². The SMILES string of the molecule is CN(C)CCCCNC(=O)c1noc(C2CCCN2)n1. The molecule has 7 heteroatoms. The van der Waals surface area contributed by atoms with Gasteiger partial charge in [0.15, 0.2) is 0 Å². The van der Waals surface area contributed by atoms with Crippen LogP contribution in [0.15, 0.2) is 4.52 Å². The second-order valence-electron chi connectivity index (χ2n) is 5.37. The van der Waals surface area contributed by atoms with Gasteiger partial charge in [0.25, 0.3) is 11.7 Å². The highest BCUT2D eigenvalue weighted by Gasteiger charge is 2.24. The molecule has 0 bridgehead atoms. The second-order valence-corrected chi connectivity index (χ2v) is 5.37. The van der Waals surface area contributed by atoms with Gasteiger partial charge in [0, 0.05) is 6.54 Å². The standard InChI is InChI=1S/C13H23N5O2/c1-18(2)9-4-3-7-15-12(19)11-16-13(20-17-11)10-6-5-8-14-10/h10,14H,3-9H2,1-2H3,(H,15,19). The van der Waals surface area contributed by atoms with E-state index in [4.69, 9.17) is 4.52 Å². The summed E-state index contributed by atoms with van der Waals surface area (Å²) < 4.78 is 5.14. The monoisotopic (exact) mass is 281 g/mol. The molecule has 0 aromatic carbocycles. The van der Waals surface area contributed by atoms with E-state index in [0.29, 0.717) is 12.4 Å². The molecule has 1 aliphatic rings. The van der Waals surface area contributed by atoms with E-state index in [1.165, 1.54) is 0 Å². The lowest BCUT2D eigenvalue weighted by Gasteiger charge is -2.08. The summed E-state index contributed by atoms with van der Waals surface area (Å²) in [6.45, 7) is 2.62. The minimum Gasteiger partial charge on any atom is -0.349 e. The number of rotatable bonds is 7. The van der Waals surface area contributed by atoms with E-state index in [1.807, 2.05) is 14.1 Å². The number of unbranched alkanes of at least 4 members (excludes halogenated alkanes) is 1. The molecule has 20 heavy (non-hydrogen) atoms. The fraction of sp³-hybridized carbons (Fsp3) is 0.769. The Hall–Kier alpha value is -1.47. The average Bonchev–Trinajstić information content (AvgIpc) is 3.08. The molecule has 1 amide bonds. The maximum atomic E-state index is 11.8. The Morgan fingerprint density at radius 1 is 1.50 bits per heavy atom. The molecule has 7 nitrogen and oxygen atoms in total.